The second-order valence-electron chi connectivity index (χ2n) is 5.04. The number of hydrogen-bond donors (Lipinski definition) is 1. The average molecular weight is 293 g/mol. The van der Waals surface area contributed by atoms with Crippen molar-refractivity contribution in [2.45, 2.75) is 39.7 Å². The van der Waals surface area contributed by atoms with E-state index in [9.17, 15) is 9.59 Å². The molecule has 0 heterocycles. The highest BCUT2D eigenvalue weighted by molar-refractivity contribution is 5.94. The van der Waals surface area contributed by atoms with Crippen LogP contribution in [0.4, 0.5) is 0 Å². The van der Waals surface area contributed by atoms with Crippen LogP contribution in [0, 0.1) is 6.92 Å². The van der Waals surface area contributed by atoms with Gasteiger partial charge < -0.3 is 14.8 Å². The number of nitrogens with one attached hydrogen (secondary N) is 1. The molecule has 1 aromatic rings. The number of ether oxygens (including phenoxy) is 2. The minimum Gasteiger partial charge on any atom is -0.496 e. The molecule has 0 fully saturated rings. The Kier molecular flexibility index (Phi) is 6.72. The molecule has 1 aromatic carbocycles. The summed E-state index contributed by atoms with van der Waals surface area (Å²) in [5.74, 6) is -0.421. The molecule has 0 unspecified atom stereocenters. The lowest BCUT2D eigenvalue weighted by molar-refractivity contribution is -0.124. The van der Waals surface area contributed by atoms with E-state index in [0.717, 1.165) is 18.4 Å². The molecule has 0 saturated heterocycles. The number of methoxy groups -OCH3 is 1. The van der Waals surface area contributed by atoms with E-state index in [1.165, 1.54) is 7.11 Å². The highest BCUT2D eigenvalue weighted by Gasteiger charge is 2.16. The fourth-order valence-corrected chi connectivity index (χ4v) is 2.01. The first-order valence-corrected chi connectivity index (χ1v) is 7.09. The van der Waals surface area contributed by atoms with Gasteiger partial charge in [-0.2, -0.15) is 0 Å². The van der Waals surface area contributed by atoms with Crippen LogP contribution in [-0.4, -0.2) is 31.6 Å². The van der Waals surface area contributed by atoms with Crippen LogP contribution in [0.25, 0.3) is 0 Å². The predicted molar refractivity (Wildman–Crippen MR) is 80.5 cm³/mol. The Morgan fingerprint density at radius 3 is 2.67 bits per heavy atom. The summed E-state index contributed by atoms with van der Waals surface area (Å²) in [5, 5.41) is 2.78. The van der Waals surface area contributed by atoms with Gasteiger partial charge in [-0.3, -0.25) is 4.79 Å². The zero-order chi connectivity index (χ0) is 15.8. The number of benzene rings is 1. The van der Waals surface area contributed by atoms with Gasteiger partial charge in [-0.15, -0.1) is 0 Å². The molecule has 116 valence electrons. The van der Waals surface area contributed by atoms with Crippen molar-refractivity contribution >= 4 is 11.9 Å². The fraction of sp³-hybridized carbons (Fsp3) is 0.500. The van der Waals surface area contributed by atoms with E-state index in [0.29, 0.717) is 11.3 Å². The van der Waals surface area contributed by atoms with Gasteiger partial charge in [-0.1, -0.05) is 25.0 Å². The molecular weight excluding hydrogens is 270 g/mol. The molecule has 5 heteroatoms. The van der Waals surface area contributed by atoms with Crippen LogP contribution in [0.2, 0.25) is 0 Å². The fourth-order valence-electron chi connectivity index (χ4n) is 2.01. The van der Waals surface area contributed by atoms with Crippen molar-refractivity contribution in [3.8, 4) is 5.75 Å². The summed E-state index contributed by atoms with van der Waals surface area (Å²) in [6.07, 6.45) is 1.88. The Bertz CT molecular complexity index is 499. The van der Waals surface area contributed by atoms with Crippen LogP contribution in [-0.2, 0) is 9.53 Å². The molecule has 0 bridgehead atoms. The van der Waals surface area contributed by atoms with E-state index in [4.69, 9.17) is 9.47 Å². The number of hydrogen-bond acceptors (Lipinski definition) is 4. The summed E-state index contributed by atoms with van der Waals surface area (Å²) in [4.78, 5) is 23.7. The second-order valence-corrected chi connectivity index (χ2v) is 5.04. The summed E-state index contributed by atoms with van der Waals surface area (Å²) in [5.41, 5.74) is 1.25. The molecule has 1 rings (SSSR count). The van der Waals surface area contributed by atoms with Gasteiger partial charge in [0.05, 0.1) is 7.11 Å². The van der Waals surface area contributed by atoms with Gasteiger partial charge in [0.25, 0.3) is 5.91 Å². The van der Waals surface area contributed by atoms with Crippen molar-refractivity contribution in [2.24, 2.45) is 0 Å². The molecule has 1 atom stereocenters. The molecule has 0 aliphatic heterocycles. The molecular formula is C16H23NO4. The largest absolute Gasteiger partial charge is 0.496 e. The number of esters is 1. The summed E-state index contributed by atoms with van der Waals surface area (Å²) >= 11 is 0. The zero-order valence-electron chi connectivity index (χ0n) is 13.1. The standard InChI is InChI=1S/C16H23NO4/c1-5-6-12(3)17-15(18)10-21-16(19)13-9-11(2)7-8-14(13)20-4/h7-9,12H,5-6,10H2,1-4H3,(H,17,18)/t12-/m1/s1. The third-order valence-electron chi connectivity index (χ3n) is 3.04. The number of rotatable bonds is 7. The first-order chi connectivity index (χ1) is 9.97. The SMILES string of the molecule is CCC[C@@H](C)NC(=O)COC(=O)c1cc(C)ccc1OC. The Hall–Kier alpha value is -2.04. The Morgan fingerprint density at radius 2 is 2.05 bits per heavy atom. The smallest absolute Gasteiger partial charge is 0.342 e. The summed E-state index contributed by atoms with van der Waals surface area (Å²) in [7, 11) is 1.49. The summed E-state index contributed by atoms with van der Waals surface area (Å²) in [6, 6.07) is 5.30. The minimum atomic E-state index is -0.561. The van der Waals surface area contributed by atoms with Gasteiger partial charge in [0.15, 0.2) is 6.61 Å². The molecule has 1 N–H and O–H groups in total. The Balaban J connectivity index is 2.58. The average Bonchev–Trinajstić information content (AvgIpc) is 2.44. The maximum absolute atomic E-state index is 12.0. The highest BCUT2D eigenvalue weighted by Crippen LogP contribution is 2.20. The van der Waals surface area contributed by atoms with E-state index in [2.05, 4.69) is 5.32 Å². The molecule has 5 nitrogen and oxygen atoms in total. The first-order valence-electron chi connectivity index (χ1n) is 7.09. The van der Waals surface area contributed by atoms with Gasteiger partial charge >= 0.3 is 5.97 Å². The lowest BCUT2D eigenvalue weighted by Gasteiger charge is -2.13. The molecule has 0 spiro atoms. The van der Waals surface area contributed by atoms with Crippen molar-refractivity contribution in [2.75, 3.05) is 13.7 Å². The van der Waals surface area contributed by atoms with Gasteiger partial charge in [-0.25, -0.2) is 4.79 Å². The van der Waals surface area contributed by atoms with Gasteiger partial charge in [-0.05, 0) is 32.4 Å². The van der Waals surface area contributed by atoms with Gasteiger partial charge in [0.2, 0.25) is 0 Å². The maximum Gasteiger partial charge on any atom is 0.342 e. The van der Waals surface area contributed by atoms with Gasteiger partial charge in [0, 0.05) is 6.04 Å². The predicted octanol–water partition coefficient (Wildman–Crippen LogP) is 2.47. The van der Waals surface area contributed by atoms with E-state index >= 15 is 0 Å². The lowest BCUT2D eigenvalue weighted by atomic mass is 10.1. The number of carbonyl (C=O) groups is 2. The van der Waals surface area contributed by atoms with Crippen molar-refractivity contribution in [3.05, 3.63) is 29.3 Å². The molecule has 0 aliphatic carbocycles. The Labute approximate surface area is 125 Å². The van der Waals surface area contributed by atoms with E-state index in [-0.39, 0.29) is 18.6 Å². The highest BCUT2D eigenvalue weighted by atomic mass is 16.5. The number of carbonyl (C=O) groups excluding carboxylic acids is 2. The van der Waals surface area contributed by atoms with E-state index in [1.807, 2.05) is 26.8 Å². The molecule has 0 radical (unpaired) electrons. The van der Waals surface area contributed by atoms with Crippen LogP contribution in [0.3, 0.4) is 0 Å². The van der Waals surface area contributed by atoms with Gasteiger partial charge in [0.1, 0.15) is 11.3 Å². The molecule has 0 aliphatic rings. The molecule has 1 amide bonds. The minimum absolute atomic E-state index is 0.0784. The molecule has 0 aromatic heterocycles. The lowest BCUT2D eigenvalue weighted by Crippen LogP contribution is -2.35. The number of aryl methyl sites for hydroxylation is 1. The van der Waals surface area contributed by atoms with Crippen LogP contribution < -0.4 is 10.1 Å². The van der Waals surface area contributed by atoms with E-state index < -0.39 is 5.97 Å². The third-order valence-corrected chi connectivity index (χ3v) is 3.04. The van der Waals surface area contributed by atoms with E-state index in [1.54, 1.807) is 12.1 Å². The van der Waals surface area contributed by atoms with Crippen LogP contribution in [0.5, 0.6) is 5.75 Å². The van der Waals surface area contributed by atoms with Crippen molar-refractivity contribution in [3.63, 3.8) is 0 Å². The van der Waals surface area contributed by atoms with Crippen molar-refractivity contribution < 1.29 is 19.1 Å². The Morgan fingerprint density at radius 1 is 1.33 bits per heavy atom. The topological polar surface area (TPSA) is 64.6 Å². The summed E-state index contributed by atoms with van der Waals surface area (Å²) in [6.45, 7) is 5.55. The zero-order valence-corrected chi connectivity index (χ0v) is 13.1. The monoisotopic (exact) mass is 293 g/mol. The van der Waals surface area contributed by atoms with Crippen LogP contribution in [0.15, 0.2) is 18.2 Å². The maximum atomic E-state index is 12.0. The third kappa shape index (κ3) is 5.45. The van der Waals surface area contributed by atoms with Crippen molar-refractivity contribution in [1.29, 1.82) is 0 Å². The summed E-state index contributed by atoms with van der Waals surface area (Å²) < 4.78 is 10.2. The number of amides is 1. The molecule has 21 heavy (non-hydrogen) atoms. The first kappa shape index (κ1) is 17.0. The van der Waals surface area contributed by atoms with Crippen LogP contribution >= 0.6 is 0 Å². The normalized spacial score (nSPS) is 11.6. The quantitative estimate of drug-likeness (QED) is 0.784. The molecule has 0 saturated carbocycles. The van der Waals surface area contributed by atoms with Crippen molar-refractivity contribution in [1.82, 2.24) is 5.32 Å². The van der Waals surface area contributed by atoms with Crippen LogP contribution in [0.1, 0.15) is 42.6 Å². The second kappa shape index (κ2) is 8.29.